The molecule has 0 radical (unpaired) electrons. The van der Waals surface area contributed by atoms with Crippen LogP contribution in [0.3, 0.4) is 0 Å². The summed E-state index contributed by atoms with van der Waals surface area (Å²) < 4.78 is 53.6. The predicted octanol–water partition coefficient (Wildman–Crippen LogP) is 3.21. The maximum absolute atomic E-state index is 14.0. The lowest BCUT2D eigenvalue weighted by Gasteiger charge is -2.26. The number of nitrogens with zero attached hydrogens (tertiary/aromatic N) is 4. The van der Waals surface area contributed by atoms with E-state index >= 15 is 0 Å². The summed E-state index contributed by atoms with van der Waals surface area (Å²) in [5.74, 6) is -0.856. The summed E-state index contributed by atoms with van der Waals surface area (Å²) >= 11 is 0. The fourth-order valence-corrected chi connectivity index (χ4v) is 4.31. The molecule has 0 bridgehead atoms. The molecule has 1 N–H and O–H groups in total. The van der Waals surface area contributed by atoms with E-state index in [4.69, 9.17) is 0 Å². The van der Waals surface area contributed by atoms with Gasteiger partial charge in [0.05, 0.1) is 11.1 Å². The molecule has 4 rings (SSSR count). The second-order valence-electron chi connectivity index (χ2n) is 8.69. The van der Waals surface area contributed by atoms with Crippen molar-refractivity contribution in [1.29, 1.82) is 0 Å². The summed E-state index contributed by atoms with van der Waals surface area (Å²) in [6.45, 7) is 4.28. The number of rotatable bonds is 6. The van der Waals surface area contributed by atoms with Crippen molar-refractivity contribution in [1.82, 2.24) is 24.6 Å². The SMILES string of the molecule is CC1(c2ccc(C(F)(F)F)cc2)CCN(CCCn2nc(-c3cccnc3F)c(=O)[nH]c2=O)C1. The zero-order valence-corrected chi connectivity index (χ0v) is 18.4. The molecule has 0 amide bonds. The minimum Gasteiger partial charge on any atom is -0.302 e. The summed E-state index contributed by atoms with van der Waals surface area (Å²) in [7, 11) is 0. The van der Waals surface area contributed by atoms with E-state index < -0.39 is 28.9 Å². The molecule has 1 atom stereocenters. The number of H-pyrrole nitrogens is 1. The van der Waals surface area contributed by atoms with E-state index in [1.807, 2.05) is 6.92 Å². The maximum atomic E-state index is 14.0. The van der Waals surface area contributed by atoms with Crippen LogP contribution in [0.25, 0.3) is 11.3 Å². The molecule has 1 unspecified atom stereocenters. The van der Waals surface area contributed by atoms with Gasteiger partial charge in [-0.1, -0.05) is 19.1 Å². The van der Waals surface area contributed by atoms with Crippen molar-refractivity contribution in [3.05, 3.63) is 80.5 Å². The second-order valence-corrected chi connectivity index (χ2v) is 8.69. The van der Waals surface area contributed by atoms with E-state index in [9.17, 15) is 27.2 Å². The first kappa shape index (κ1) is 23.8. The standard InChI is InChI=1S/C23H23F4N5O2/c1-22(15-5-7-16(8-6-15)23(25,26)27)9-13-31(14-22)11-3-12-32-21(34)29-20(33)18(30-32)17-4-2-10-28-19(17)24/h2,4-8,10H,3,9,11-14H2,1H3,(H,29,33,34). The average molecular weight is 477 g/mol. The summed E-state index contributed by atoms with van der Waals surface area (Å²) in [4.78, 5) is 32.1. The number of alkyl halides is 3. The molecule has 1 fully saturated rings. The van der Waals surface area contributed by atoms with Crippen molar-refractivity contribution < 1.29 is 17.6 Å². The maximum Gasteiger partial charge on any atom is 0.416 e. The van der Waals surface area contributed by atoms with Crippen molar-refractivity contribution in [2.75, 3.05) is 19.6 Å². The Morgan fingerprint density at radius 2 is 1.85 bits per heavy atom. The molecule has 0 saturated carbocycles. The first-order valence-corrected chi connectivity index (χ1v) is 10.8. The molecule has 0 spiro atoms. The third-order valence-electron chi connectivity index (χ3n) is 6.21. The van der Waals surface area contributed by atoms with Crippen LogP contribution in [-0.4, -0.2) is 44.3 Å². The topological polar surface area (TPSA) is 83.9 Å². The number of aryl methyl sites for hydroxylation is 1. The molecule has 34 heavy (non-hydrogen) atoms. The van der Waals surface area contributed by atoms with E-state index in [2.05, 4.69) is 20.0 Å². The lowest BCUT2D eigenvalue weighted by Crippen LogP contribution is -2.35. The molecule has 0 aliphatic carbocycles. The van der Waals surface area contributed by atoms with Gasteiger partial charge in [0.2, 0.25) is 5.95 Å². The number of aromatic nitrogens is 4. The number of pyridine rings is 1. The third kappa shape index (κ3) is 4.93. The fraction of sp³-hybridized carbons (Fsp3) is 0.391. The number of hydrogen-bond acceptors (Lipinski definition) is 5. The highest BCUT2D eigenvalue weighted by molar-refractivity contribution is 5.56. The van der Waals surface area contributed by atoms with Crippen LogP contribution in [0.4, 0.5) is 17.6 Å². The summed E-state index contributed by atoms with van der Waals surface area (Å²) in [5, 5.41) is 4.04. The monoisotopic (exact) mass is 477 g/mol. The van der Waals surface area contributed by atoms with E-state index in [0.29, 0.717) is 19.5 Å². The van der Waals surface area contributed by atoms with Gasteiger partial charge in [-0.2, -0.15) is 22.7 Å². The Morgan fingerprint density at radius 1 is 1.12 bits per heavy atom. The van der Waals surface area contributed by atoms with Gasteiger partial charge in [-0.3, -0.25) is 9.78 Å². The zero-order chi connectivity index (χ0) is 24.5. The number of benzene rings is 1. The Balaban J connectivity index is 1.40. The Hall–Kier alpha value is -3.34. The highest BCUT2D eigenvalue weighted by atomic mass is 19.4. The molecule has 1 aliphatic heterocycles. The molecule has 1 aliphatic rings. The first-order chi connectivity index (χ1) is 16.1. The Kier molecular flexibility index (Phi) is 6.39. The minimum atomic E-state index is -4.36. The van der Waals surface area contributed by atoms with Gasteiger partial charge in [-0.15, -0.1) is 0 Å². The molecule has 2 aromatic heterocycles. The largest absolute Gasteiger partial charge is 0.416 e. The van der Waals surface area contributed by atoms with Crippen molar-refractivity contribution >= 4 is 0 Å². The Morgan fingerprint density at radius 3 is 2.53 bits per heavy atom. The smallest absolute Gasteiger partial charge is 0.302 e. The van der Waals surface area contributed by atoms with E-state index in [1.165, 1.54) is 30.5 Å². The van der Waals surface area contributed by atoms with E-state index in [-0.39, 0.29) is 23.2 Å². The van der Waals surface area contributed by atoms with Crippen LogP contribution in [0.2, 0.25) is 0 Å². The van der Waals surface area contributed by atoms with Crippen LogP contribution in [0, 0.1) is 5.95 Å². The van der Waals surface area contributed by atoms with Gasteiger partial charge in [-0.25, -0.2) is 14.5 Å². The molecular weight excluding hydrogens is 454 g/mol. The van der Waals surface area contributed by atoms with Crippen LogP contribution in [0.15, 0.2) is 52.2 Å². The third-order valence-corrected chi connectivity index (χ3v) is 6.21. The fourth-order valence-electron chi connectivity index (χ4n) is 4.31. The van der Waals surface area contributed by atoms with Crippen molar-refractivity contribution in [3.63, 3.8) is 0 Å². The zero-order valence-electron chi connectivity index (χ0n) is 18.4. The van der Waals surface area contributed by atoms with Gasteiger partial charge in [0.25, 0.3) is 5.56 Å². The summed E-state index contributed by atoms with van der Waals surface area (Å²) in [6.07, 6.45) is -1.79. The average Bonchev–Trinajstić information content (AvgIpc) is 3.17. The van der Waals surface area contributed by atoms with Gasteiger partial charge in [-0.05, 0) is 55.8 Å². The quantitative estimate of drug-likeness (QED) is 0.436. The van der Waals surface area contributed by atoms with Gasteiger partial charge >= 0.3 is 11.9 Å². The van der Waals surface area contributed by atoms with Gasteiger partial charge < -0.3 is 4.90 Å². The molecule has 7 nitrogen and oxygen atoms in total. The number of nitrogens with one attached hydrogen (secondary N) is 1. The molecule has 1 saturated heterocycles. The van der Waals surface area contributed by atoms with Gasteiger partial charge in [0, 0.05) is 24.7 Å². The molecule has 11 heteroatoms. The Bertz CT molecular complexity index is 1290. The Labute approximate surface area is 192 Å². The second kappa shape index (κ2) is 9.13. The van der Waals surface area contributed by atoms with Crippen LogP contribution in [-0.2, 0) is 18.1 Å². The molecule has 180 valence electrons. The predicted molar refractivity (Wildman–Crippen MR) is 117 cm³/mol. The highest BCUT2D eigenvalue weighted by Gasteiger charge is 2.36. The summed E-state index contributed by atoms with van der Waals surface area (Å²) in [6, 6.07) is 8.13. The molecule has 3 aromatic rings. The van der Waals surface area contributed by atoms with Gasteiger partial charge in [0.1, 0.15) is 0 Å². The molecular formula is C23H23F4N5O2. The molecule has 1 aromatic carbocycles. The minimum absolute atomic E-state index is 0.0932. The van der Waals surface area contributed by atoms with Crippen molar-refractivity contribution in [2.45, 2.75) is 37.9 Å². The lowest BCUT2D eigenvalue weighted by atomic mass is 9.81. The number of likely N-dealkylation sites (tertiary alicyclic amines) is 1. The molecule has 3 heterocycles. The normalized spacial score (nSPS) is 19.0. The number of halogens is 4. The first-order valence-electron chi connectivity index (χ1n) is 10.8. The number of aromatic amines is 1. The van der Waals surface area contributed by atoms with E-state index in [1.54, 1.807) is 0 Å². The number of hydrogen-bond donors (Lipinski definition) is 1. The van der Waals surface area contributed by atoms with Crippen LogP contribution in [0.5, 0.6) is 0 Å². The van der Waals surface area contributed by atoms with Crippen LogP contribution in [0.1, 0.15) is 30.9 Å². The van der Waals surface area contributed by atoms with Crippen molar-refractivity contribution in [2.24, 2.45) is 0 Å². The van der Waals surface area contributed by atoms with Crippen LogP contribution < -0.4 is 11.2 Å². The van der Waals surface area contributed by atoms with Crippen LogP contribution >= 0.6 is 0 Å². The van der Waals surface area contributed by atoms with Crippen molar-refractivity contribution in [3.8, 4) is 11.3 Å². The van der Waals surface area contributed by atoms with Gasteiger partial charge in [0.15, 0.2) is 5.69 Å². The highest BCUT2D eigenvalue weighted by Crippen LogP contribution is 2.36. The lowest BCUT2D eigenvalue weighted by molar-refractivity contribution is -0.137. The van der Waals surface area contributed by atoms with E-state index in [0.717, 1.165) is 35.3 Å². The summed E-state index contributed by atoms with van der Waals surface area (Å²) in [5.41, 5.74) is -1.88.